The van der Waals surface area contributed by atoms with Crippen molar-refractivity contribution in [2.45, 2.75) is 77.7 Å². The minimum Gasteiger partial charge on any atom is -0.326 e. The van der Waals surface area contributed by atoms with Crippen molar-refractivity contribution in [3.63, 3.8) is 0 Å². The molecule has 162 valence electrons. The van der Waals surface area contributed by atoms with Crippen LogP contribution < -0.4 is 10.6 Å². The number of allylic oxidation sites excluding steroid dienone is 2. The van der Waals surface area contributed by atoms with E-state index < -0.39 is 0 Å². The third-order valence-corrected chi connectivity index (χ3v) is 6.40. The van der Waals surface area contributed by atoms with Gasteiger partial charge in [-0.1, -0.05) is 55.9 Å². The van der Waals surface area contributed by atoms with E-state index in [2.05, 4.69) is 42.8 Å². The summed E-state index contributed by atoms with van der Waals surface area (Å²) in [6.45, 7) is 3.81. The first-order chi connectivity index (χ1) is 14.6. The lowest BCUT2D eigenvalue weighted by Crippen LogP contribution is -2.33. The van der Waals surface area contributed by atoms with E-state index in [9.17, 15) is 4.79 Å². The van der Waals surface area contributed by atoms with E-state index in [0.29, 0.717) is 0 Å². The summed E-state index contributed by atoms with van der Waals surface area (Å²) in [5, 5.41) is 6.46. The second kappa shape index (κ2) is 11.3. The number of rotatable bonds is 8. The number of nitrogens with zero attached hydrogens (tertiary/aromatic N) is 1. The van der Waals surface area contributed by atoms with Gasteiger partial charge < -0.3 is 10.6 Å². The first kappa shape index (κ1) is 22.5. The van der Waals surface area contributed by atoms with E-state index in [4.69, 9.17) is 4.99 Å². The minimum atomic E-state index is -0.0319. The highest BCUT2D eigenvalue weighted by molar-refractivity contribution is 6.02. The summed E-state index contributed by atoms with van der Waals surface area (Å²) in [5.74, 6) is 0.745. The average Bonchev–Trinajstić information content (AvgIpc) is 2.91. The van der Waals surface area contributed by atoms with Crippen LogP contribution in [0.2, 0.25) is 0 Å². The molecule has 0 aromatic heterocycles. The molecule has 0 spiro atoms. The molecule has 1 aliphatic carbocycles. The average molecular weight is 408 g/mol. The number of anilines is 1. The summed E-state index contributed by atoms with van der Waals surface area (Å²) in [6, 6.07) is 8.48. The number of amides is 1. The van der Waals surface area contributed by atoms with Gasteiger partial charge in [0.15, 0.2) is 0 Å². The number of carbonyl (C=O) groups excluding carboxylic acids is 1. The minimum absolute atomic E-state index is 0.0319. The molecule has 1 aromatic carbocycles. The fourth-order valence-corrected chi connectivity index (χ4v) is 4.88. The molecule has 0 radical (unpaired) electrons. The number of carbonyl (C=O) groups is 1. The summed E-state index contributed by atoms with van der Waals surface area (Å²) >= 11 is 0. The molecule has 30 heavy (non-hydrogen) atoms. The van der Waals surface area contributed by atoms with Gasteiger partial charge in [-0.3, -0.25) is 9.79 Å². The predicted molar refractivity (Wildman–Crippen MR) is 127 cm³/mol. The maximum atomic E-state index is 11.4. The van der Waals surface area contributed by atoms with Crippen molar-refractivity contribution in [3.8, 4) is 0 Å². The summed E-state index contributed by atoms with van der Waals surface area (Å²) in [6.07, 6.45) is 15.1. The van der Waals surface area contributed by atoms with Gasteiger partial charge in [-0.15, -0.1) is 0 Å². The molecule has 1 aliphatic heterocycles. The van der Waals surface area contributed by atoms with Crippen molar-refractivity contribution < 1.29 is 4.79 Å². The predicted octanol–water partition coefficient (Wildman–Crippen LogP) is 5.81. The molecule has 1 aromatic rings. The van der Waals surface area contributed by atoms with E-state index in [1.54, 1.807) is 6.92 Å². The lowest BCUT2D eigenvalue weighted by molar-refractivity contribution is -0.114. The fourth-order valence-electron chi connectivity index (χ4n) is 4.88. The Hall–Kier alpha value is -2.20. The van der Waals surface area contributed by atoms with Crippen molar-refractivity contribution >= 4 is 17.3 Å². The number of aliphatic imine (C=N–C) groups is 1. The van der Waals surface area contributed by atoms with Gasteiger partial charge >= 0.3 is 0 Å². The monoisotopic (exact) mass is 407 g/mol. The molecule has 1 atom stereocenters. The molecule has 1 saturated carbocycles. The van der Waals surface area contributed by atoms with Gasteiger partial charge in [0.2, 0.25) is 5.91 Å². The Kier molecular flexibility index (Phi) is 8.44. The number of hydrogen-bond donors (Lipinski definition) is 2. The lowest BCUT2D eigenvalue weighted by atomic mass is 9.81. The molecule has 1 unspecified atom stereocenters. The van der Waals surface area contributed by atoms with Crippen molar-refractivity contribution in [2.75, 3.05) is 12.4 Å². The molecule has 2 aliphatic rings. The molecular formula is C26H37N3O. The first-order valence-corrected chi connectivity index (χ1v) is 11.5. The highest BCUT2D eigenvalue weighted by Gasteiger charge is 2.24. The number of nitrogens with one attached hydrogen (secondary N) is 2. The van der Waals surface area contributed by atoms with Gasteiger partial charge in [0.25, 0.3) is 0 Å². The van der Waals surface area contributed by atoms with Crippen molar-refractivity contribution in [1.82, 2.24) is 5.32 Å². The van der Waals surface area contributed by atoms with Crippen LogP contribution in [0.3, 0.4) is 0 Å². The number of hydrogen-bond acceptors (Lipinski definition) is 3. The Bertz CT molecular complexity index is 815. The van der Waals surface area contributed by atoms with Gasteiger partial charge in [0, 0.05) is 30.6 Å². The third-order valence-electron chi connectivity index (χ3n) is 6.40. The van der Waals surface area contributed by atoms with Crippen LogP contribution >= 0.6 is 0 Å². The number of benzene rings is 1. The Morgan fingerprint density at radius 1 is 1.23 bits per heavy atom. The van der Waals surface area contributed by atoms with Crippen LogP contribution in [0, 0.1) is 5.92 Å². The number of likely N-dealkylation sites (N-methyl/N-ethyl adjacent to an activating group) is 1. The van der Waals surface area contributed by atoms with Crippen molar-refractivity contribution in [3.05, 3.63) is 53.3 Å². The Morgan fingerprint density at radius 2 is 2.03 bits per heavy atom. The maximum absolute atomic E-state index is 11.4. The van der Waals surface area contributed by atoms with Crippen molar-refractivity contribution in [1.29, 1.82) is 0 Å². The molecule has 2 N–H and O–H groups in total. The van der Waals surface area contributed by atoms with Gasteiger partial charge in [-0.2, -0.15) is 0 Å². The molecule has 1 heterocycles. The van der Waals surface area contributed by atoms with Gasteiger partial charge in [0.05, 0.1) is 0 Å². The molecule has 3 rings (SSSR count). The van der Waals surface area contributed by atoms with Crippen LogP contribution in [-0.4, -0.2) is 24.7 Å². The molecule has 0 saturated heterocycles. The molecule has 4 heteroatoms. The van der Waals surface area contributed by atoms with Gasteiger partial charge in [-0.25, -0.2) is 0 Å². The maximum Gasteiger partial charge on any atom is 0.221 e. The molecule has 4 nitrogen and oxygen atoms in total. The molecule has 0 bridgehead atoms. The van der Waals surface area contributed by atoms with Crippen LogP contribution in [0.25, 0.3) is 0 Å². The fraction of sp³-hybridized carbons (Fsp3) is 0.538. The van der Waals surface area contributed by atoms with Gasteiger partial charge in [0.1, 0.15) is 0 Å². The Balaban J connectivity index is 1.73. The van der Waals surface area contributed by atoms with E-state index in [1.807, 2.05) is 18.3 Å². The van der Waals surface area contributed by atoms with E-state index in [0.717, 1.165) is 37.3 Å². The SMILES string of the molecule is CNC(CCc1cccc(NC(C)=O)c1)C1=C(C)CC=CN=C1CC1CCCCC1. The summed E-state index contributed by atoms with van der Waals surface area (Å²) in [5.41, 5.74) is 6.27. The normalized spacial score (nSPS) is 18.7. The summed E-state index contributed by atoms with van der Waals surface area (Å²) < 4.78 is 0. The third kappa shape index (κ3) is 6.40. The highest BCUT2D eigenvalue weighted by Crippen LogP contribution is 2.31. The van der Waals surface area contributed by atoms with Crippen molar-refractivity contribution in [2.24, 2.45) is 10.9 Å². The van der Waals surface area contributed by atoms with Gasteiger partial charge in [-0.05, 0) is 68.8 Å². The molecule has 1 amide bonds. The van der Waals surface area contributed by atoms with E-state index in [-0.39, 0.29) is 11.9 Å². The van der Waals surface area contributed by atoms with E-state index >= 15 is 0 Å². The zero-order valence-electron chi connectivity index (χ0n) is 18.8. The first-order valence-electron chi connectivity index (χ1n) is 11.5. The number of aryl methyl sites for hydroxylation is 1. The Morgan fingerprint density at radius 3 is 2.77 bits per heavy atom. The zero-order chi connectivity index (χ0) is 21.3. The van der Waals surface area contributed by atoms with Crippen LogP contribution in [0.4, 0.5) is 5.69 Å². The van der Waals surface area contributed by atoms with Crippen LogP contribution in [-0.2, 0) is 11.2 Å². The largest absolute Gasteiger partial charge is 0.326 e. The second-order valence-electron chi connectivity index (χ2n) is 8.83. The lowest BCUT2D eigenvalue weighted by Gasteiger charge is -2.27. The topological polar surface area (TPSA) is 53.5 Å². The molecular weight excluding hydrogens is 370 g/mol. The van der Waals surface area contributed by atoms with E-state index in [1.165, 1.54) is 54.5 Å². The standard InChI is InChI=1S/C26H37N3O/c1-19-9-8-16-28-25(18-21-10-5-4-6-11-21)26(19)24(27-3)15-14-22-12-7-13-23(17-22)29-20(2)30/h7-8,12-13,16-17,21,24,27H,4-6,9-11,14-15,18H2,1-3H3,(H,29,30). The summed E-state index contributed by atoms with van der Waals surface area (Å²) in [4.78, 5) is 16.3. The van der Waals surface area contributed by atoms with Crippen LogP contribution in [0.5, 0.6) is 0 Å². The van der Waals surface area contributed by atoms with Crippen LogP contribution in [0.1, 0.15) is 70.8 Å². The second-order valence-corrected chi connectivity index (χ2v) is 8.83. The smallest absolute Gasteiger partial charge is 0.221 e. The Labute approximate surface area is 181 Å². The summed E-state index contributed by atoms with van der Waals surface area (Å²) in [7, 11) is 2.06. The van der Waals surface area contributed by atoms with Crippen LogP contribution in [0.15, 0.2) is 52.7 Å². The highest BCUT2D eigenvalue weighted by atomic mass is 16.1. The molecule has 1 fully saturated rings. The zero-order valence-corrected chi connectivity index (χ0v) is 18.8. The quantitative estimate of drug-likeness (QED) is 0.571.